The maximum Gasteiger partial charge on any atom is 0.133 e. The fourth-order valence-electron chi connectivity index (χ4n) is 2.06. The fraction of sp³-hybridized carbons (Fsp3) is 0.500. The van der Waals surface area contributed by atoms with Crippen LogP contribution in [-0.4, -0.2) is 34.3 Å². The molecule has 0 aromatic heterocycles. The van der Waals surface area contributed by atoms with Gasteiger partial charge in [0.25, 0.3) is 0 Å². The number of aliphatic hydroxyl groups excluding tert-OH is 1. The predicted octanol–water partition coefficient (Wildman–Crippen LogP) is 2.98. The van der Waals surface area contributed by atoms with E-state index in [1.807, 2.05) is 12.1 Å². The maximum atomic E-state index is 10.0. The van der Waals surface area contributed by atoms with Gasteiger partial charge in [0.05, 0.1) is 9.67 Å². The molecule has 3 nitrogen and oxygen atoms in total. The lowest BCUT2D eigenvalue weighted by Gasteiger charge is -2.29. The Morgan fingerprint density at radius 1 is 1.22 bits per heavy atom. The lowest BCUT2D eigenvalue weighted by atomic mass is 10.1. The molecule has 0 bridgehead atoms. The van der Waals surface area contributed by atoms with Gasteiger partial charge in [-0.3, -0.25) is 4.90 Å². The van der Waals surface area contributed by atoms with Gasteiger partial charge >= 0.3 is 0 Å². The van der Waals surface area contributed by atoms with Gasteiger partial charge in [-0.25, -0.2) is 0 Å². The van der Waals surface area contributed by atoms with Crippen LogP contribution in [0.5, 0.6) is 5.75 Å². The first kappa shape index (κ1) is 16.7. The van der Waals surface area contributed by atoms with Gasteiger partial charge in [-0.1, -0.05) is 0 Å². The summed E-state index contributed by atoms with van der Waals surface area (Å²) in [6.07, 6.45) is 1.53. The van der Waals surface area contributed by atoms with Crippen molar-refractivity contribution in [3.8, 4) is 5.75 Å². The number of phenolic OH excluding ortho intramolecular Hbond substituents is 1. The van der Waals surface area contributed by atoms with Crippen LogP contribution >= 0.6 is 57.6 Å². The molecule has 0 spiro atoms. The van der Waals surface area contributed by atoms with Crippen LogP contribution in [0.15, 0.2) is 12.1 Å². The van der Waals surface area contributed by atoms with Crippen molar-refractivity contribution in [3.63, 3.8) is 0 Å². The minimum absolute atomic E-state index is 0. The summed E-state index contributed by atoms with van der Waals surface area (Å²) >= 11 is 4.43. The highest BCUT2D eigenvalue weighted by atomic mass is 127. The van der Waals surface area contributed by atoms with Crippen LogP contribution in [0.4, 0.5) is 0 Å². The van der Waals surface area contributed by atoms with E-state index in [0.29, 0.717) is 5.75 Å². The lowest BCUT2D eigenvalue weighted by Crippen LogP contribution is -2.35. The first-order chi connectivity index (χ1) is 8.06. The zero-order valence-electron chi connectivity index (χ0n) is 9.77. The van der Waals surface area contributed by atoms with Crippen molar-refractivity contribution in [2.75, 3.05) is 13.1 Å². The number of nitrogens with zero attached hydrogens (tertiary/aromatic N) is 1. The van der Waals surface area contributed by atoms with Gasteiger partial charge in [0.1, 0.15) is 5.75 Å². The van der Waals surface area contributed by atoms with E-state index in [1.54, 1.807) is 0 Å². The Morgan fingerprint density at radius 2 is 1.83 bits per heavy atom. The molecule has 1 fully saturated rings. The molecule has 0 saturated carbocycles. The summed E-state index contributed by atoms with van der Waals surface area (Å²) in [7, 11) is 0. The van der Waals surface area contributed by atoms with Gasteiger partial charge in [0.2, 0.25) is 0 Å². The van der Waals surface area contributed by atoms with Crippen LogP contribution in [0.2, 0.25) is 0 Å². The summed E-state index contributed by atoms with van der Waals surface area (Å²) in [6.45, 7) is 2.58. The predicted molar refractivity (Wildman–Crippen MR) is 91.3 cm³/mol. The third-order valence-electron chi connectivity index (χ3n) is 3.06. The lowest BCUT2D eigenvalue weighted by molar-refractivity contribution is 0.0789. The van der Waals surface area contributed by atoms with Crippen molar-refractivity contribution in [2.24, 2.45) is 0 Å². The average Bonchev–Trinajstić information content (AvgIpc) is 2.28. The molecule has 6 heteroatoms. The van der Waals surface area contributed by atoms with Gasteiger partial charge in [-0.05, 0) is 70.2 Å². The monoisotopic (exact) mass is 495 g/mol. The Hall–Kier alpha value is 0.690. The molecule has 18 heavy (non-hydrogen) atoms. The standard InChI is InChI=1S/C12H15I2NO2.ClH/c13-9-5-8(12(17)11(14)6-9)7-15-3-1-10(16)2-4-15;/h5-6,10,16-17H,1-4,7H2;1H. The summed E-state index contributed by atoms with van der Waals surface area (Å²) in [5, 5.41) is 19.5. The topological polar surface area (TPSA) is 43.7 Å². The molecule has 1 aromatic rings. The first-order valence-electron chi connectivity index (χ1n) is 5.63. The van der Waals surface area contributed by atoms with Crippen molar-refractivity contribution >= 4 is 57.6 Å². The second-order valence-electron chi connectivity index (χ2n) is 4.40. The van der Waals surface area contributed by atoms with Gasteiger partial charge < -0.3 is 10.2 Å². The number of rotatable bonds is 2. The Bertz CT molecular complexity index is 409. The third-order valence-corrected chi connectivity index (χ3v) is 4.50. The van der Waals surface area contributed by atoms with E-state index < -0.39 is 0 Å². The zero-order valence-corrected chi connectivity index (χ0v) is 14.9. The molecule has 1 aromatic carbocycles. The third kappa shape index (κ3) is 4.36. The Morgan fingerprint density at radius 3 is 2.44 bits per heavy atom. The van der Waals surface area contributed by atoms with E-state index in [4.69, 9.17) is 0 Å². The molecule has 2 rings (SSSR count). The summed E-state index contributed by atoms with van der Waals surface area (Å²) in [4.78, 5) is 2.29. The molecule has 1 aliphatic rings. The SMILES string of the molecule is Cl.Oc1c(I)cc(I)cc1CN1CCC(O)CC1. The number of halogens is 3. The van der Waals surface area contributed by atoms with Crippen LogP contribution in [0.3, 0.4) is 0 Å². The van der Waals surface area contributed by atoms with E-state index >= 15 is 0 Å². The quantitative estimate of drug-likeness (QED) is 0.621. The van der Waals surface area contributed by atoms with Gasteiger partial charge in [-0.2, -0.15) is 0 Å². The molecule has 1 aliphatic heterocycles. The molecule has 0 aliphatic carbocycles. The van der Waals surface area contributed by atoms with Crippen molar-refractivity contribution in [3.05, 3.63) is 24.8 Å². The van der Waals surface area contributed by atoms with Crippen LogP contribution in [0.25, 0.3) is 0 Å². The summed E-state index contributed by atoms with van der Waals surface area (Å²) in [5.74, 6) is 0.400. The first-order valence-corrected chi connectivity index (χ1v) is 7.79. The molecular formula is C12H16ClI2NO2. The van der Waals surface area contributed by atoms with E-state index in [2.05, 4.69) is 50.1 Å². The van der Waals surface area contributed by atoms with E-state index in [1.165, 1.54) is 0 Å². The molecular weight excluding hydrogens is 479 g/mol. The highest BCUT2D eigenvalue weighted by Crippen LogP contribution is 2.28. The number of aromatic hydroxyl groups is 1. The molecule has 0 atom stereocenters. The second kappa shape index (κ2) is 7.47. The number of hydrogen-bond acceptors (Lipinski definition) is 3. The highest BCUT2D eigenvalue weighted by Gasteiger charge is 2.18. The number of likely N-dealkylation sites (tertiary alicyclic amines) is 1. The molecule has 2 N–H and O–H groups in total. The van der Waals surface area contributed by atoms with Crippen LogP contribution in [0.1, 0.15) is 18.4 Å². The number of benzene rings is 1. The van der Waals surface area contributed by atoms with E-state index in [9.17, 15) is 10.2 Å². The summed E-state index contributed by atoms with van der Waals surface area (Å²) < 4.78 is 2.05. The van der Waals surface area contributed by atoms with E-state index in [0.717, 1.165) is 45.2 Å². The minimum Gasteiger partial charge on any atom is -0.507 e. The van der Waals surface area contributed by atoms with Gasteiger partial charge in [0, 0.05) is 28.8 Å². The van der Waals surface area contributed by atoms with Crippen molar-refractivity contribution in [1.29, 1.82) is 0 Å². The highest BCUT2D eigenvalue weighted by molar-refractivity contribution is 14.1. The van der Waals surface area contributed by atoms with Crippen molar-refractivity contribution in [1.82, 2.24) is 4.90 Å². The molecule has 0 amide bonds. The van der Waals surface area contributed by atoms with Crippen LogP contribution in [0, 0.1) is 7.14 Å². The average molecular weight is 496 g/mol. The number of phenols is 1. The number of aliphatic hydroxyl groups is 1. The van der Waals surface area contributed by atoms with Crippen molar-refractivity contribution in [2.45, 2.75) is 25.5 Å². The Kier molecular flexibility index (Phi) is 6.95. The normalized spacial score (nSPS) is 17.5. The van der Waals surface area contributed by atoms with Crippen molar-refractivity contribution < 1.29 is 10.2 Å². The Labute approximate surface area is 141 Å². The minimum atomic E-state index is -0.143. The number of hydrogen-bond donors (Lipinski definition) is 2. The summed E-state index contributed by atoms with van der Waals surface area (Å²) in [5.41, 5.74) is 0.984. The fourth-order valence-corrected chi connectivity index (χ4v) is 4.02. The molecule has 0 radical (unpaired) electrons. The van der Waals surface area contributed by atoms with Gasteiger partial charge in [0.15, 0.2) is 0 Å². The Balaban J connectivity index is 0.00000162. The largest absolute Gasteiger partial charge is 0.507 e. The zero-order chi connectivity index (χ0) is 12.4. The maximum absolute atomic E-state index is 10.0. The van der Waals surface area contributed by atoms with Crippen LogP contribution < -0.4 is 0 Å². The second-order valence-corrected chi connectivity index (χ2v) is 6.81. The number of piperidine rings is 1. The molecule has 1 saturated heterocycles. The molecule has 102 valence electrons. The molecule has 1 heterocycles. The summed E-state index contributed by atoms with van der Waals surface area (Å²) in [6, 6.07) is 4.00. The van der Waals surface area contributed by atoms with E-state index in [-0.39, 0.29) is 18.5 Å². The van der Waals surface area contributed by atoms with Gasteiger partial charge in [-0.15, -0.1) is 12.4 Å². The van der Waals surface area contributed by atoms with Crippen LogP contribution in [-0.2, 0) is 6.54 Å². The smallest absolute Gasteiger partial charge is 0.133 e. The molecule has 0 unspecified atom stereocenters.